The van der Waals surface area contributed by atoms with E-state index < -0.39 is 35.2 Å². The Morgan fingerprint density at radius 3 is 1.88 bits per heavy atom. The van der Waals surface area contributed by atoms with Crippen molar-refractivity contribution in [2.24, 2.45) is 0 Å². The number of hydrogen-bond donors (Lipinski definition) is 2. The standard InChI is InChI=1S/C9H7F9N4OS2/c1-2-24-5-22-21-4(25-5)19-3(23)20-6(7(10,11)12,8(13,14)15)9(16,17)18/h2H2,1H3,(H2,19,20,21,23). The first kappa shape index (κ1) is 21.6. The van der Waals surface area contributed by atoms with Crippen molar-refractivity contribution in [1.82, 2.24) is 15.5 Å². The van der Waals surface area contributed by atoms with E-state index in [1.54, 1.807) is 6.92 Å². The van der Waals surface area contributed by atoms with Crippen LogP contribution >= 0.6 is 23.1 Å². The first-order valence-corrected chi connectivity index (χ1v) is 7.71. The van der Waals surface area contributed by atoms with E-state index in [1.807, 2.05) is 0 Å². The third-order valence-corrected chi connectivity index (χ3v) is 4.33. The number of hydrogen-bond acceptors (Lipinski definition) is 5. The van der Waals surface area contributed by atoms with Gasteiger partial charge in [-0.15, -0.1) is 10.2 Å². The number of amides is 2. The van der Waals surface area contributed by atoms with Gasteiger partial charge in [0, 0.05) is 0 Å². The molecule has 2 N–H and O–H groups in total. The highest BCUT2D eigenvalue weighted by Crippen LogP contribution is 2.52. The molecule has 0 unspecified atom stereocenters. The average molecular weight is 422 g/mol. The normalized spacial score (nSPS) is 13.7. The number of halogens is 9. The summed E-state index contributed by atoms with van der Waals surface area (Å²) in [4.78, 5) is 11.3. The van der Waals surface area contributed by atoms with Crippen LogP contribution in [0.25, 0.3) is 0 Å². The van der Waals surface area contributed by atoms with Crippen LogP contribution in [0.1, 0.15) is 6.92 Å². The first-order chi connectivity index (χ1) is 11.2. The maximum Gasteiger partial charge on any atom is 0.429 e. The average Bonchev–Trinajstić information content (AvgIpc) is 2.79. The summed E-state index contributed by atoms with van der Waals surface area (Å²) in [6.07, 6.45) is -20.7. The largest absolute Gasteiger partial charge is 0.429 e. The molecule has 1 aromatic heterocycles. The van der Waals surface area contributed by atoms with E-state index in [0.29, 0.717) is 17.1 Å². The second-order valence-corrected chi connectivity index (χ2v) is 6.62. The molecule has 0 aliphatic carbocycles. The minimum Gasteiger partial charge on any atom is -0.308 e. The molecule has 144 valence electrons. The molecule has 0 saturated heterocycles. The lowest BCUT2D eigenvalue weighted by atomic mass is 9.97. The van der Waals surface area contributed by atoms with Gasteiger partial charge in [0.2, 0.25) is 5.13 Å². The highest BCUT2D eigenvalue weighted by molar-refractivity contribution is 8.01. The molecular weight excluding hydrogens is 415 g/mol. The molecule has 1 heterocycles. The van der Waals surface area contributed by atoms with E-state index in [4.69, 9.17) is 0 Å². The number of nitrogens with zero attached hydrogens (tertiary/aromatic N) is 2. The smallest absolute Gasteiger partial charge is 0.308 e. The third kappa shape index (κ3) is 4.39. The van der Waals surface area contributed by atoms with Crippen LogP contribution in [0.5, 0.6) is 0 Å². The summed E-state index contributed by atoms with van der Waals surface area (Å²) < 4.78 is 114. The second-order valence-electron chi connectivity index (χ2n) is 4.13. The van der Waals surface area contributed by atoms with Gasteiger partial charge in [-0.3, -0.25) is 5.32 Å². The summed E-state index contributed by atoms with van der Waals surface area (Å²) in [7, 11) is 0. The number of urea groups is 1. The molecule has 0 spiro atoms. The Hall–Kier alpha value is -1.45. The molecule has 5 nitrogen and oxygen atoms in total. The molecule has 16 heteroatoms. The summed E-state index contributed by atoms with van der Waals surface area (Å²) in [6.45, 7) is 1.69. The van der Waals surface area contributed by atoms with Crippen molar-refractivity contribution in [1.29, 1.82) is 0 Å². The molecule has 1 aromatic rings. The van der Waals surface area contributed by atoms with Crippen LogP contribution < -0.4 is 10.6 Å². The lowest BCUT2D eigenvalue weighted by Crippen LogP contribution is -2.75. The van der Waals surface area contributed by atoms with Gasteiger partial charge >= 0.3 is 30.1 Å². The van der Waals surface area contributed by atoms with Gasteiger partial charge in [0.1, 0.15) is 0 Å². The minimum atomic E-state index is -6.90. The van der Waals surface area contributed by atoms with Crippen LogP contribution in [0.4, 0.5) is 49.4 Å². The van der Waals surface area contributed by atoms with Gasteiger partial charge in [0.05, 0.1) is 0 Å². The summed E-state index contributed by atoms with van der Waals surface area (Å²) in [5.41, 5.74) is -6.44. The summed E-state index contributed by atoms with van der Waals surface area (Å²) in [5.74, 6) is 0.486. The van der Waals surface area contributed by atoms with Crippen molar-refractivity contribution < 1.29 is 44.3 Å². The van der Waals surface area contributed by atoms with Crippen molar-refractivity contribution in [2.75, 3.05) is 11.1 Å². The second kappa shape index (κ2) is 7.05. The molecule has 0 bridgehead atoms. The molecule has 0 radical (unpaired) electrons. The molecule has 0 aliphatic rings. The van der Waals surface area contributed by atoms with Gasteiger partial charge in [0.25, 0.3) is 0 Å². The number of carbonyl (C=O) groups is 1. The fourth-order valence-corrected chi connectivity index (χ4v) is 3.08. The van der Waals surface area contributed by atoms with Crippen LogP contribution in [-0.4, -0.2) is 46.0 Å². The number of rotatable bonds is 4. The van der Waals surface area contributed by atoms with Crippen LogP contribution in [-0.2, 0) is 0 Å². The van der Waals surface area contributed by atoms with Gasteiger partial charge in [-0.1, -0.05) is 30.0 Å². The van der Waals surface area contributed by atoms with Gasteiger partial charge in [-0.25, -0.2) is 4.79 Å². The maximum atomic E-state index is 12.7. The molecule has 0 aliphatic heterocycles. The van der Waals surface area contributed by atoms with Crippen molar-refractivity contribution in [2.45, 2.75) is 35.3 Å². The van der Waals surface area contributed by atoms with Crippen LogP contribution in [0.2, 0.25) is 0 Å². The monoisotopic (exact) mass is 422 g/mol. The molecule has 1 rings (SSSR count). The van der Waals surface area contributed by atoms with Gasteiger partial charge < -0.3 is 5.32 Å². The number of aromatic nitrogens is 2. The van der Waals surface area contributed by atoms with Crippen molar-refractivity contribution in [3.63, 3.8) is 0 Å². The van der Waals surface area contributed by atoms with Gasteiger partial charge in [-0.05, 0) is 5.75 Å². The summed E-state index contributed by atoms with van der Waals surface area (Å²) >= 11 is 1.64. The summed E-state index contributed by atoms with van der Waals surface area (Å²) in [6, 6.07) is -2.39. The lowest BCUT2D eigenvalue weighted by molar-refractivity contribution is -0.386. The van der Waals surface area contributed by atoms with Gasteiger partial charge in [-0.2, -0.15) is 39.5 Å². The highest BCUT2D eigenvalue weighted by Gasteiger charge is 2.84. The predicted molar refractivity (Wildman–Crippen MR) is 69.4 cm³/mol. The molecule has 0 aromatic carbocycles. The summed E-state index contributed by atoms with van der Waals surface area (Å²) in [5, 5.41) is 7.39. The van der Waals surface area contributed by atoms with E-state index in [-0.39, 0.29) is 9.66 Å². The molecule has 0 fully saturated rings. The Morgan fingerprint density at radius 2 is 1.48 bits per heavy atom. The van der Waals surface area contributed by atoms with Crippen molar-refractivity contribution >= 4 is 34.3 Å². The predicted octanol–water partition coefficient (Wildman–Crippen LogP) is 4.20. The Bertz CT molecular complexity index is 573. The Morgan fingerprint density at radius 1 is 1.00 bits per heavy atom. The van der Waals surface area contributed by atoms with Crippen LogP contribution in [0, 0.1) is 0 Å². The molecule has 0 atom stereocenters. The lowest BCUT2D eigenvalue weighted by Gasteiger charge is -2.38. The quantitative estimate of drug-likeness (QED) is 0.434. The first-order valence-electron chi connectivity index (χ1n) is 5.91. The number of nitrogens with one attached hydrogen (secondary N) is 2. The molecule has 25 heavy (non-hydrogen) atoms. The Kier molecular flexibility index (Phi) is 6.09. The fourth-order valence-electron chi connectivity index (χ4n) is 1.44. The highest BCUT2D eigenvalue weighted by atomic mass is 32.2. The third-order valence-electron chi connectivity index (χ3n) is 2.47. The van der Waals surface area contributed by atoms with Gasteiger partial charge in [0.15, 0.2) is 4.34 Å². The van der Waals surface area contributed by atoms with E-state index in [2.05, 4.69) is 10.2 Å². The molecular formula is C9H7F9N4OS2. The van der Waals surface area contributed by atoms with E-state index in [1.165, 1.54) is 5.32 Å². The number of carbonyl (C=O) groups excluding carboxylic acids is 1. The zero-order valence-electron chi connectivity index (χ0n) is 11.7. The number of thioether (sulfide) groups is 1. The van der Waals surface area contributed by atoms with E-state index in [0.717, 1.165) is 11.8 Å². The number of anilines is 1. The number of alkyl halides is 9. The Balaban J connectivity index is 3.15. The topological polar surface area (TPSA) is 66.9 Å². The van der Waals surface area contributed by atoms with Crippen LogP contribution in [0.15, 0.2) is 4.34 Å². The fraction of sp³-hybridized carbons (Fsp3) is 0.667. The SMILES string of the molecule is CCSc1nnc(NC(=O)NC(C(F)(F)F)(C(F)(F)F)C(F)(F)F)s1. The zero-order valence-corrected chi connectivity index (χ0v) is 13.4. The maximum absolute atomic E-state index is 12.7. The van der Waals surface area contributed by atoms with Crippen molar-refractivity contribution in [3.8, 4) is 0 Å². The minimum absolute atomic E-state index is 0.0528. The van der Waals surface area contributed by atoms with E-state index >= 15 is 0 Å². The Labute approximate surface area is 141 Å². The van der Waals surface area contributed by atoms with E-state index in [9.17, 15) is 44.3 Å². The zero-order chi connectivity index (χ0) is 19.7. The van der Waals surface area contributed by atoms with Crippen molar-refractivity contribution in [3.05, 3.63) is 0 Å². The van der Waals surface area contributed by atoms with Crippen LogP contribution in [0.3, 0.4) is 0 Å². The molecule has 0 saturated carbocycles. The molecule has 2 amide bonds.